The van der Waals surface area contributed by atoms with Gasteiger partial charge in [0.15, 0.2) is 12.6 Å². The van der Waals surface area contributed by atoms with Crippen molar-refractivity contribution in [2.45, 2.75) is 31.6 Å². The molecule has 0 amide bonds. The number of ether oxygens (including phenoxy) is 8. The Hall–Kier alpha value is -2.28. The van der Waals surface area contributed by atoms with E-state index in [9.17, 15) is 10.2 Å². The average molecular weight is 464 g/mol. The molecule has 2 aliphatic rings. The van der Waals surface area contributed by atoms with Gasteiger partial charge in [0.05, 0.1) is 0 Å². The highest BCUT2D eigenvalue weighted by Crippen LogP contribution is 2.21. The van der Waals surface area contributed by atoms with Gasteiger partial charge in [-0.25, -0.2) is 0 Å². The predicted octanol–water partition coefficient (Wildman–Crippen LogP) is 1.37. The van der Waals surface area contributed by atoms with Gasteiger partial charge in [-0.05, 0) is 41.8 Å². The van der Waals surface area contributed by atoms with Gasteiger partial charge in [-0.3, -0.25) is 0 Å². The summed E-state index contributed by atoms with van der Waals surface area (Å²) in [6, 6.07) is 14.8. The van der Waals surface area contributed by atoms with Crippen molar-refractivity contribution in [3.8, 4) is 11.5 Å². The minimum Gasteiger partial charge on any atom is -0.463 e. The second-order valence-corrected chi connectivity index (χ2v) is 7.45. The van der Waals surface area contributed by atoms with E-state index >= 15 is 0 Å². The molecule has 2 saturated heterocycles. The molecule has 33 heavy (non-hydrogen) atoms. The SMILES string of the molecule is OC(COCOC1CO1)Oc1cccc(Cc2cccc(OC(O)COCOC3CO3)c2)c1. The molecule has 4 atom stereocenters. The Kier molecular flexibility index (Phi) is 8.86. The molecule has 2 fully saturated rings. The predicted molar refractivity (Wildman–Crippen MR) is 112 cm³/mol. The van der Waals surface area contributed by atoms with E-state index < -0.39 is 12.6 Å². The van der Waals surface area contributed by atoms with Crippen LogP contribution in [-0.4, -0.2) is 75.4 Å². The molecule has 2 aromatic rings. The van der Waals surface area contributed by atoms with E-state index in [1.807, 2.05) is 36.4 Å². The molecule has 0 aromatic heterocycles. The highest BCUT2D eigenvalue weighted by Gasteiger charge is 2.23. The summed E-state index contributed by atoms with van der Waals surface area (Å²) in [6.45, 7) is 1.17. The summed E-state index contributed by atoms with van der Waals surface area (Å²) in [5.41, 5.74) is 1.96. The first-order valence-corrected chi connectivity index (χ1v) is 10.6. The Labute approximate surface area is 191 Å². The fourth-order valence-corrected chi connectivity index (χ4v) is 2.89. The maximum Gasteiger partial charge on any atom is 0.221 e. The molecule has 0 aliphatic carbocycles. The largest absolute Gasteiger partial charge is 0.463 e. The van der Waals surface area contributed by atoms with Crippen molar-refractivity contribution < 1.29 is 48.1 Å². The summed E-state index contributed by atoms with van der Waals surface area (Å²) in [7, 11) is 0. The van der Waals surface area contributed by atoms with Crippen molar-refractivity contribution in [1.82, 2.24) is 0 Å². The standard InChI is InChI=1S/C23H28O10/c24-20(10-26-14-30-22-12-28-22)32-18-5-1-3-16(8-18)7-17-4-2-6-19(9-17)33-21(25)11-27-15-31-23-13-29-23/h1-6,8-9,20-25H,7,10-15H2. The van der Waals surface area contributed by atoms with Crippen LogP contribution in [0.2, 0.25) is 0 Å². The molecular weight excluding hydrogens is 436 g/mol. The zero-order valence-electron chi connectivity index (χ0n) is 18.0. The number of epoxide rings is 2. The Balaban J connectivity index is 1.20. The summed E-state index contributed by atoms with van der Waals surface area (Å²) in [5, 5.41) is 20.0. The summed E-state index contributed by atoms with van der Waals surface area (Å²) in [6.07, 6.45) is -2.01. The van der Waals surface area contributed by atoms with E-state index in [4.69, 9.17) is 37.9 Å². The van der Waals surface area contributed by atoms with Crippen molar-refractivity contribution in [3.05, 3.63) is 59.7 Å². The zero-order valence-corrected chi connectivity index (χ0v) is 18.0. The van der Waals surface area contributed by atoms with Crippen LogP contribution in [0, 0.1) is 0 Å². The van der Waals surface area contributed by atoms with Gasteiger partial charge in [0.25, 0.3) is 0 Å². The van der Waals surface area contributed by atoms with Crippen molar-refractivity contribution in [1.29, 1.82) is 0 Å². The molecule has 10 heteroatoms. The van der Waals surface area contributed by atoms with E-state index in [-0.39, 0.29) is 39.4 Å². The lowest BCUT2D eigenvalue weighted by atomic mass is 10.0. The van der Waals surface area contributed by atoms with Gasteiger partial charge in [0.1, 0.15) is 51.5 Å². The van der Waals surface area contributed by atoms with Crippen molar-refractivity contribution in [2.24, 2.45) is 0 Å². The van der Waals surface area contributed by atoms with Gasteiger partial charge in [0.2, 0.25) is 12.6 Å². The average Bonchev–Trinajstić information content (AvgIpc) is 3.71. The van der Waals surface area contributed by atoms with Crippen LogP contribution in [0.5, 0.6) is 11.5 Å². The third kappa shape index (κ3) is 9.24. The summed E-state index contributed by atoms with van der Waals surface area (Å²) < 4.78 is 41.5. The number of aliphatic hydroxyl groups excluding tert-OH is 2. The third-order valence-corrected chi connectivity index (χ3v) is 4.55. The van der Waals surface area contributed by atoms with E-state index in [1.165, 1.54) is 0 Å². The summed E-state index contributed by atoms with van der Waals surface area (Å²) >= 11 is 0. The minimum absolute atomic E-state index is 0.0249. The summed E-state index contributed by atoms with van der Waals surface area (Å²) in [5.74, 6) is 1.04. The van der Waals surface area contributed by atoms with Gasteiger partial charge < -0.3 is 48.1 Å². The Bertz CT molecular complexity index is 785. The number of aliphatic hydroxyl groups is 2. The third-order valence-electron chi connectivity index (χ3n) is 4.55. The molecule has 2 aromatic carbocycles. The lowest BCUT2D eigenvalue weighted by molar-refractivity contribution is -0.139. The van der Waals surface area contributed by atoms with E-state index in [0.29, 0.717) is 31.1 Å². The molecule has 0 saturated carbocycles. The van der Waals surface area contributed by atoms with Gasteiger partial charge in [0, 0.05) is 0 Å². The molecule has 180 valence electrons. The second kappa shape index (κ2) is 12.3. The highest BCUT2D eigenvalue weighted by atomic mass is 16.8. The van der Waals surface area contributed by atoms with Crippen LogP contribution in [0.15, 0.2) is 48.5 Å². The van der Waals surface area contributed by atoms with Crippen molar-refractivity contribution >= 4 is 0 Å². The molecule has 0 bridgehead atoms. The first-order chi connectivity index (χ1) is 16.1. The zero-order chi connectivity index (χ0) is 22.9. The molecule has 0 spiro atoms. The molecule has 10 nitrogen and oxygen atoms in total. The van der Waals surface area contributed by atoms with Crippen LogP contribution in [0.3, 0.4) is 0 Å². The molecule has 4 unspecified atom stereocenters. The Morgan fingerprint density at radius 1 is 0.758 bits per heavy atom. The van der Waals surface area contributed by atoms with Crippen molar-refractivity contribution in [3.63, 3.8) is 0 Å². The van der Waals surface area contributed by atoms with E-state index in [1.54, 1.807) is 12.1 Å². The number of benzene rings is 2. The number of rotatable bonds is 16. The fraction of sp³-hybridized carbons (Fsp3) is 0.478. The molecule has 2 heterocycles. The van der Waals surface area contributed by atoms with Gasteiger partial charge in [-0.15, -0.1) is 0 Å². The van der Waals surface area contributed by atoms with Gasteiger partial charge in [-0.2, -0.15) is 0 Å². The van der Waals surface area contributed by atoms with Crippen LogP contribution in [0.1, 0.15) is 11.1 Å². The minimum atomic E-state index is -1.12. The maximum atomic E-state index is 9.99. The van der Waals surface area contributed by atoms with Crippen molar-refractivity contribution in [2.75, 3.05) is 40.0 Å². The molecule has 2 aliphatic heterocycles. The van der Waals surface area contributed by atoms with Crippen LogP contribution < -0.4 is 9.47 Å². The number of hydrogen-bond donors (Lipinski definition) is 2. The van der Waals surface area contributed by atoms with Gasteiger partial charge >= 0.3 is 0 Å². The first kappa shape index (κ1) is 23.9. The molecule has 2 N–H and O–H groups in total. The topological polar surface area (TPSA) is 121 Å². The fourth-order valence-electron chi connectivity index (χ4n) is 2.89. The maximum absolute atomic E-state index is 9.99. The molecule has 4 rings (SSSR count). The highest BCUT2D eigenvalue weighted by molar-refractivity contribution is 5.35. The Morgan fingerprint density at radius 2 is 1.21 bits per heavy atom. The monoisotopic (exact) mass is 464 g/mol. The molecule has 0 radical (unpaired) electrons. The first-order valence-electron chi connectivity index (χ1n) is 10.6. The van der Waals surface area contributed by atoms with Crippen LogP contribution in [-0.2, 0) is 34.8 Å². The van der Waals surface area contributed by atoms with Gasteiger partial charge in [-0.1, -0.05) is 24.3 Å². The van der Waals surface area contributed by atoms with E-state index in [2.05, 4.69) is 0 Å². The van der Waals surface area contributed by atoms with Crippen LogP contribution >= 0.6 is 0 Å². The van der Waals surface area contributed by atoms with Crippen LogP contribution in [0.25, 0.3) is 0 Å². The lowest BCUT2D eigenvalue weighted by Crippen LogP contribution is -2.23. The summed E-state index contributed by atoms with van der Waals surface area (Å²) in [4.78, 5) is 0. The number of hydrogen-bond acceptors (Lipinski definition) is 10. The quantitative estimate of drug-likeness (QED) is 0.214. The van der Waals surface area contributed by atoms with Crippen LogP contribution in [0.4, 0.5) is 0 Å². The normalized spacial score (nSPS) is 20.8. The Morgan fingerprint density at radius 3 is 1.64 bits per heavy atom. The van der Waals surface area contributed by atoms with E-state index in [0.717, 1.165) is 11.1 Å². The smallest absolute Gasteiger partial charge is 0.221 e. The second-order valence-electron chi connectivity index (χ2n) is 7.45. The lowest BCUT2D eigenvalue weighted by Gasteiger charge is -2.15. The molecular formula is C23H28O10.